The van der Waals surface area contributed by atoms with Gasteiger partial charge in [-0.15, -0.1) is 13.2 Å². The van der Waals surface area contributed by atoms with Crippen molar-refractivity contribution in [2.24, 2.45) is 0 Å². The zero-order valence-electron chi connectivity index (χ0n) is 10.1. The summed E-state index contributed by atoms with van der Waals surface area (Å²) in [5.74, 6) is -0.0289. The monoisotopic (exact) mass is 304 g/mol. The van der Waals surface area contributed by atoms with Gasteiger partial charge in [-0.2, -0.15) is 0 Å². The molecular weight excluding hydrogens is 297 g/mol. The highest BCUT2D eigenvalue weighted by molar-refractivity contribution is 6.32. The number of furan rings is 1. The van der Waals surface area contributed by atoms with Crippen LogP contribution in [-0.4, -0.2) is 12.6 Å². The fraction of sp³-hybridized carbons (Fsp3) is 0.154. The Hall–Kier alpha value is -1.95. The topological polar surface area (TPSA) is 39.4 Å². The molecule has 106 valence electrons. The second kappa shape index (κ2) is 5.20. The lowest BCUT2D eigenvalue weighted by atomic mass is 10.1. The molecule has 1 aromatic heterocycles. The van der Waals surface area contributed by atoms with Crippen molar-refractivity contribution < 1.29 is 27.1 Å². The smallest absolute Gasteiger partial charge is 0.453 e. The molecule has 0 N–H and O–H groups in total. The number of alkyl halides is 3. The first-order valence-corrected chi connectivity index (χ1v) is 5.79. The number of aldehydes is 1. The van der Waals surface area contributed by atoms with Gasteiger partial charge in [0, 0.05) is 5.56 Å². The average Bonchev–Trinajstić information content (AvgIpc) is 2.80. The Balaban J connectivity index is 2.42. The lowest BCUT2D eigenvalue weighted by Crippen LogP contribution is -2.17. The van der Waals surface area contributed by atoms with E-state index in [1.807, 2.05) is 0 Å². The quantitative estimate of drug-likeness (QED) is 0.777. The zero-order chi connectivity index (χ0) is 14.9. The molecule has 2 aromatic rings. The highest BCUT2D eigenvalue weighted by atomic mass is 35.5. The number of aryl methyl sites for hydroxylation is 1. The Bertz CT molecular complexity index is 647. The number of carbonyl (C=O) groups is 1. The lowest BCUT2D eigenvalue weighted by molar-refractivity contribution is -0.274. The summed E-state index contributed by atoms with van der Waals surface area (Å²) in [6.07, 6.45) is -4.28. The van der Waals surface area contributed by atoms with Crippen molar-refractivity contribution in [2.75, 3.05) is 0 Å². The maximum Gasteiger partial charge on any atom is 0.573 e. The van der Waals surface area contributed by atoms with E-state index in [1.165, 1.54) is 18.2 Å². The molecule has 0 saturated heterocycles. The molecule has 0 aliphatic rings. The van der Waals surface area contributed by atoms with Crippen LogP contribution in [-0.2, 0) is 0 Å². The molecule has 0 atom stereocenters. The Kier molecular flexibility index (Phi) is 3.76. The largest absolute Gasteiger partial charge is 0.573 e. The van der Waals surface area contributed by atoms with Gasteiger partial charge in [0.15, 0.2) is 12.0 Å². The normalized spacial score (nSPS) is 11.4. The Morgan fingerprint density at radius 2 is 2.00 bits per heavy atom. The summed E-state index contributed by atoms with van der Waals surface area (Å²) in [7, 11) is 0. The Morgan fingerprint density at radius 1 is 1.30 bits per heavy atom. The van der Waals surface area contributed by atoms with E-state index in [9.17, 15) is 18.0 Å². The number of halogens is 4. The van der Waals surface area contributed by atoms with Crippen LogP contribution in [0.1, 0.15) is 16.1 Å². The maximum absolute atomic E-state index is 12.2. The van der Waals surface area contributed by atoms with Crippen LogP contribution in [0, 0.1) is 6.92 Å². The van der Waals surface area contributed by atoms with Gasteiger partial charge < -0.3 is 9.15 Å². The molecule has 0 aliphatic carbocycles. The Morgan fingerprint density at radius 3 is 2.55 bits per heavy atom. The van der Waals surface area contributed by atoms with Crippen LogP contribution in [0.15, 0.2) is 28.7 Å². The number of ether oxygens (including phenoxy) is 1. The summed E-state index contributed by atoms with van der Waals surface area (Å²) in [6, 6.07) is 5.45. The summed E-state index contributed by atoms with van der Waals surface area (Å²) in [6.45, 7) is 1.58. The minimum Gasteiger partial charge on any atom is -0.453 e. The molecule has 1 aromatic carbocycles. The highest BCUT2D eigenvalue weighted by Gasteiger charge is 2.32. The molecule has 3 nitrogen and oxygen atoms in total. The van der Waals surface area contributed by atoms with Crippen LogP contribution in [0.5, 0.6) is 5.75 Å². The number of benzene rings is 1. The fourth-order valence-electron chi connectivity index (χ4n) is 1.68. The van der Waals surface area contributed by atoms with Crippen LogP contribution in [0.2, 0.25) is 5.02 Å². The second-order valence-electron chi connectivity index (χ2n) is 3.97. The molecule has 0 spiro atoms. The SMILES string of the molecule is Cc1cc(OC(F)(F)F)c(Cl)cc1-c1ccc(C=O)o1. The summed E-state index contributed by atoms with van der Waals surface area (Å²) in [5, 5.41) is -0.202. The van der Waals surface area contributed by atoms with E-state index < -0.39 is 12.1 Å². The fourth-order valence-corrected chi connectivity index (χ4v) is 1.89. The lowest BCUT2D eigenvalue weighted by Gasteiger charge is -2.12. The minimum absolute atomic E-state index is 0.117. The third kappa shape index (κ3) is 3.14. The number of hydrogen-bond donors (Lipinski definition) is 0. The standard InChI is InChI=1S/C13H8ClF3O3/c1-7-4-12(20-13(15,16)17)10(14)5-9(7)11-3-2-8(6-18)19-11/h2-6H,1H3. The molecular formula is C13H8ClF3O3. The van der Waals surface area contributed by atoms with Gasteiger partial charge in [-0.05, 0) is 36.8 Å². The van der Waals surface area contributed by atoms with Crippen molar-refractivity contribution in [3.63, 3.8) is 0 Å². The summed E-state index contributed by atoms with van der Waals surface area (Å²) >= 11 is 5.76. The van der Waals surface area contributed by atoms with Crippen molar-refractivity contribution in [1.82, 2.24) is 0 Å². The first-order valence-electron chi connectivity index (χ1n) is 5.41. The van der Waals surface area contributed by atoms with E-state index in [2.05, 4.69) is 4.74 Å². The van der Waals surface area contributed by atoms with Crippen molar-refractivity contribution in [2.45, 2.75) is 13.3 Å². The van der Waals surface area contributed by atoms with Crippen LogP contribution < -0.4 is 4.74 Å². The van der Waals surface area contributed by atoms with E-state index in [0.29, 0.717) is 23.2 Å². The van der Waals surface area contributed by atoms with Crippen molar-refractivity contribution >= 4 is 17.9 Å². The van der Waals surface area contributed by atoms with E-state index in [-0.39, 0.29) is 10.8 Å². The molecule has 0 unspecified atom stereocenters. The second-order valence-corrected chi connectivity index (χ2v) is 4.37. The summed E-state index contributed by atoms with van der Waals surface area (Å²) in [4.78, 5) is 10.5. The van der Waals surface area contributed by atoms with Crippen LogP contribution in [0.25, 0.3) is 11.3 Å². The van der Waals surface area contributed by atoms with E-state index in [4.69, 9.17) is 16.0 Å². The molecule has 0 amide bonds. The number of carbonyl (C=O) groups excluding carboxylic acids is 1. The molecule has 0 saturated carbocycles. The Labute approximate surface area is 116 Å². The highest BCUT2D eigenvalue weighted by Crippen LogP contribution is 2.36. The van der Waals surface area contributed by atoms with Crippen molar-refractivity contribution in [3.8, 4) is 17.1 Å². The molecule has 0 fully saturated rings. The third-order valence-corrected chi connectivity index (χ3v) is 2.81. The van der Waals surface area contributed by atoms with Gasteiger partial charge in [0.1, 0.15) is 11.5 Å². The van der Waals surface area contributed by atoms with Gasteiger partial charge in [0.25, 0.3) is 0 Å². The first kappa shape index (κ1) is 14.5. The van der Waals surface area contributed by atoms with Crippen molar-refractivity contribution in [1.29, 1.82) is 0 Å². The molecule has 2 rings (SSSR count). The van der Waals surface area contributed by atoms with E-state index in [1.54, 1.807) is 6.92 Å². The predicted octanol–water partition coefficient (Wildman–Crippen LogP) is 4.62. The molecule has 0 radical (unpaired) electrons. The number of rotatable bonds is 3. The van der Waals surface area contributed by atoms with Crippen LogP contribution in [0.4, 0.5) is 13.2 Å². The molecule has 0 bridgehead atoms. The first-order chi connectivity index (χ1) is 9.30. The zero-order valence-corrected chi connectivity index (χ0v) is 10.9. The van der Waals surface area contributed by atoms with E-state index in [0.717, 1.165) is 6.07 Å². The van der Waals surface area contributed by atoms with Gasteiger partial charge in [-0.1, -0.05) is 11.6 Å². The minimum atomic E-state index is -4.81. The molecule has 1 heterocycles. The van der Waals surface area contributed by atoms with Crippen LogP contribution in [0.3, 0.4) is 0 Å². The molecule has 0 aliphatic heterocycles. The van der Waals surface area contributed by atoms with Gasteiger partial charge in [0.05, 0.1) is 5.02 Å². The van der Waals surface area contributed by atoms with Crippen LogP contribution >= 0.6 is 11.6 Å². The van der Waals surface area contributed by atoms with E-state index >= 15 is 0 Å². The molecule has 7 heteroatoms. The van der Waals surface area contributed by atoms with Gasteiger partial charge in [0.2, 0.25) is 0 Å². The average molecular weight is 305 g/mol. The van der Waals surface area contributed by atoms with Gasteiger partial charge >= 0.3 is 6.36 Å². The van der Waals surface area contributed by atoms with Crippen molar-refractivity contribution in [3.05, 3.63) is 40.6 Å². The summed E-state index contributed by atoms with van der Waals surface area (Å²) < 4.78 is 45.6. The van der Waals surface area contributed by atoms with Gasteiger partial charge in [-0.25, -0.2) is 0 Å². The predicted molar refractivity (Wildman–Crippen MR) is 66.0 cm³/mol. The van der Waals surface area contributed by atoms with Gasteiger partial charge in [-0.3, -0.25) is 4.79 Å². The third-order valence-electron chi connectivity index (χ3n) is 2.51. The number of hydrogen-bond acceptors (Lipinski definition) is 3. The summed E-state index contributed by atoms with van der Waals surface area (Å²) in [5.41, 5.74) is 0.957. The maximum atomic E-state index is 12.2. The molecule has 20 heavy (non-hydrogen) atoms.